The molecule has 0 aromatic carbocycles. The fourth-order valence-corrected chi connectivity index (χ4v) is 3.88. The fourth-order valence-electron chi connectivity index (χ4n) is 2.33. The third-order valence-corrected chi connectivity index (χ3v) is 5.11. The number of aromatic nitrogens is 2. The highest BCUT2D eigenvalue weighted by Crippen LogP contribution is 2.18. The lowest BCUT2D eigenvalue weighted by atomic mass is 10.1. The first kappa shape index (κ1) is 16.4. The fraction of sp³-hybridized carbons (Fsp3) is 0.727. The van der Waals surface area contributed by atoms with Gasteiger partial charge < -0.3 is 5.32 Å². The summed E-state index contributed by atoms with van der Waals surface area (Å²) in [4.78, 5) is 0.316. The highest BCUT2D eigenvalue weighted by molar-refractivity contribution is 7.89. The van der Waals surface area contributed by atoms with Gasteiger partial charge in [0.2, 0.25) is 10.0 Å². The van der Waals surface area contributed by atoms with Gasteiger partial charge in [-0.15, -0.1) is 12.4 Å². The zero-order valence-electron chi connectivity index (χ0n) is 11.4. The highest BCUT2D eigenvalue weighted by atomic mass is 35.5. The Balaban J connectivity index is 0.00000180. The van der Waals surface area contributed by atoms with Crippen molar-refractivity contribution in [3.05, 3.63) is 11.4 Å². The monoisotopic (exact) mass is 308 g/mol. The molecule has 0 aliphatic carbocycles. The Kier molecular flexibility index (Phi) is 5.37. The largest absolute Gasteiger partial charge is 0.316 e. The molecule has 0 radical (unpaired) electrons. The summed E-state index contributed by atoms with van der Waals surface area (Å²) in [6.45, 7) is 5.83. The molecule has 0 spiro atoms. The average Bonchev–Trinajstić information content (AvgIpc) is 2.86. The van der Waals surface area contributed by atoms with E-state index in [0.717, 1.165) is 19.5 Å². The summed E-state index contributed by atoms with van der Waals surface area (Å²) in [6, 6.07) is 0. The van der Waals surface area contributed by atoms with Crippen LogP contribution in [0, 0.1) is 19.8 Å². The second-order valence-corrected chi connectivity index (χ2v) is 6.54. The standard InChI is InChI=1S/C11H20N4O2S.ClH/c1-8-11(9(2)15(3)14-8)18(16,17)13-7-10-4-5-12-6-10;/h10,12-13H,4-7H2,1-3H3;1H. The molecule has 1 unspecified atom stereocenters. The molecule has 2 heterocycles. The Morgan fingerprint density at radius 1 is 1.47 bits per heavy atom. The lowest BCUT2D eigenvalue weighted by Gasteiger charge is -2.11. The smallest absolute Gasteiger partial charge is 0.244 e. The van der Waals surface area contributed by atoms with E-state index in [2.05, 4.69) is 15.1 Å². The van der Waals surface area contributed by atoms with Crippen molar-refractivity contribution in [2.45, 2.75) is 25.2 Å². The first-order chi connectivity index (χ1) is 8.42. The lowest BCUT2D eigenvalue weighted by Crippen LogP contribution is -2.31. The lowest BCUT2D eigenvalue weighted by molar-refractivity contribution is 0.538. The van der Waals surface area contributed by atoms with E-state index >= 15 is 0 Å². The molecule has 1 aliphatic rings. The van der Waals surface area contributed by atoms with Crippen molar-refractivity contribution < 1.29 is 8.42 Å². The van der Waals surface area contributed by atoms with Crippen LogP contribution in [0.3, 0.4) is 0 Å². The van der Waals surface area contributed by atoms with Crippen LogP contribution in [0.4, 0.5) is 0 Å². The summed E-state index contributed by atoms with van der Waals surface area (Å²) < 4.78 is 28.8. The number of halogens is 1. The molecule has 1 saturated heterocycles. The number of nitrogens with zero attached hydrogens (tertiary/aromatic N) is 2. The molecule has 110 valence electrons. The van der Waals surface area contributed by atoms with Crippen molar-refractivity contribution in [2.75, 3.05) is 19.6 Å². The van der Waals surface area contributed by atoms with Crippen LogP contribution in [0.2, 0.25) is 0 Å². The Labute approximate surface area is 120 Å². The van der Waals surface area contributed by atoms with Gasteiger partial charge in [-0.25, -0.2) is 13.1 Å². The maximum atomic E-state index is 12.3. The van der Waals surface area contributed by atoms with E-state index < -0.39 is 10.0 Å². The van der Waals surface area contributed by atoms with E-state index in [9.17, 15) is 8.42 Å². The van der Waals surface area contributed by atoms with Crippen LogP contribution in [-0.4, -0.2) is 37.8 Å². The van der Waals surface area contributed by atoms with Crippen molar-refractivity contribution in [1.29, 1.82) is 0 Å². The van der Waals surface area contributed by atoms with Gasteiger partial charge in [0.25, 0.3) is 0 Å². The van der Waals surface area contributed by atoms with Gasteiger partial charge in [0.05, 0.1) is 11.4 Å². The molecule has 2 N–H and O–H groups in total. The minimum atomic E-state index is -3.45. The molecule has 1 aliphatic heterocycles. The molecule has 0 saturated carbocycles. The number of rotatable bonds is 4. The van der Waals surface area contributed by atoms with E-state index in [1.165, 1.54) is 0 Å². The SMILES string of the molecule is Cc1nn(C)c(C)c1S(=O)(=O)NCC1CCNC1.Cl. The molecule has 2 rings (SSSR count). The second-order valence-electron chi connectivity index (χ2n) is 4.83. The third kappa shape index (κ3) is 3.47. The van der Waals surface area contributed by atoms with Gasteiger partial charge in [0, 0.05) is 13.6 Å². The Morgan fingerprint density at radius 2 is 2.16 bits per heavy atom. The van der Waals surface area contributed by atoms with E-state index in [0.29, 0.717) is 28.7 Å². The molecule has 1 fully saturated rings. The minimum Gasteiger partial charge on any atom is -0.316 e. The normalized spacial score (nSPS) is 19.4. The van der Waals surface area contributed by atoms with Crippen molar-refractivity contribution in [3.8, 4) is 0 Å². The quantitative estimate of drug-likeness (QED) is 0.841. The number of aryl methyl sites for hydroxylation is 2. The molecular weight excluding hydrogens is 288 g/mol. The van der Waals surface area contributed by atoms with Gasteiger partial charge in [0.15, 0.2) is 0 Å². The molecule has 1 aromatic rings. The first-order valence-corrected chi connectivity index (χ1v) is 7.60. The van der Waals surface area contributed by atoms with Crippen molar-refractivity contribution >= 4 is 22.4 Å². The molecule has 0 amide bonds. The van der Waals surface area contributed by atoms with Crippen LogP contribution in [0.5, 0.6) is 0 Å². The predicted octanol–water partition coefficient (Wildman–Crippen LogP) is 0.347. The molecule has 6 nitrogen and oxygen atoms in total. The zero-order chi connectivity index (χ0) is 13.3. The Bertz CT molecular complexity index is 535. The van der Waals surface area contributed by atoms with Crippen molar-refractivity contribution in [2.24, 2.45) is 13.0 Å². The van der Waals surface area contributed by atoms with Crippen LogP contribution < -0.4 is 10.0 Å². The topological polar surface area (TPSA) is 76.0 Å². The van der Waals surface area contributed by atoms with Gasteiger partial charge in [-0.05, 0) is 39.3 Å². The summed E-state index contributed by atoms with van der Waals surface area (Å²) in [5.41, 5.74) is 1.22. The van der Waals surface area contributed by atoms with Gasteiger partial charge >= 0.3 is 0 Å². The summed E-state index contributed by atoms with van der Waals surface area (Å²) in [5, 5.41) is 7.37. The van der Waals surface area contributed by atoms with E-state index in [1.807, 2.05) is 0 Å². The molecule has 1 atom stereocenters. The number of sulfonamides is 1. The van der Waals surface area contributed by atoms with Gasteiger partial charge in [-0.2, -0.15) is 5.10 Å². The molecule has 1 aromatic heterocycles. The Morgan fingerprint density at radius 3 is 2.63 bits per heavy atom. The molecule has 0 bridgehead atoms. The van der Waals surface area contributed by atoms with E-state index in [4.69, 9.17) is 0 Å². The number of hydrogen-bond acceptors (Lipinski definition) is 4. The number of nitrogens with one attached hydrogen (secondary N) is 2. The van der Waals surface area contributed by atoms with Crippen molar-refractivity contribution in [3.63, 3.8) is 0 Å². The predicted molar refractivity (Wildman–Crippen MR) is 76.1 cm³/mol. The Hall–Kier alpha value is -0.630. The van der Waals surface area contributed by atoms with Gasteiger partial charge in [0.1, 0.15) is 4.90 Å². The summed E-state index contributed by atoms with van der Waals surface area (Å²) in [6.07, 6.45) is 1.02. The average molecular weight is 309 g/mol. The third-order valence-electron chi connectivity index (χ3n) is 3.44. The second kappa shape index (κ2) is 6.21. The summed E-state index contributed by atoms with van der Waals surface area (Å²) in [5.74, 6) is 0.386. The number of hydrogen-bond donors (Lipinski definition) is 2. The van der Waals surface area contributed by atoms with Crippen LogP contribution in [0.25, 0.3) is 0 Å². The van der Waals surface area contributed by atoms with Crippen LogP contribution in [0.1, 0.15) is 17.8 Å². The van der Waals surface area contributed by atoms with Crippen LogP contribution in [0.15, 0.2) is 4.90 Å². The summed E-state index contributed by atoms with van der Waals surface area (Å²) in [7, 11) is -1.70. The molecule has 8 heteroatoms. The molecule has 19 heavy (non-hydrogen) atoms. The minimum absolute atomic E-state index is 0. The van der Waals surface area contributed by atoms with E-state index in [1.54, 1.807) is 25.6 Å². The van der Waals surface area contributed by atoms with E-state index in [-0.39, 0.29) is 12.4 Å². The van der Waals surface area contributed by atoms with Crippen LogP contribution >= 0.6 is 12.4 Å². The summed E-state index contributed by atoms with van der Waals surface area (Å²) >= 11 is 0. The van der Waals surface area contributed by atoms with Crippen LogP contribution in [-0.2, 0) is 17.1 Å². The van der Waals surface area contributed by atoms with Gasteiger partial charge in [-0.3, -0.25) is 4.68 Å². The van der Waals surface area contributed by atoms with Crippen molar-refractivity contribution in [1.82, 2.24) is 19.8 Å². The first-order valence-electron chi connectivity index (χ1n) is 6.12. The van der Waals surface area contributed by atoms with Gasteiger partial charge in [-0.1, -0.05) is 0 Å². The maximum absolute atomic E-state index is 12.3. The molecular formula is C11H21ClN4O2S. The highest BCUT2D eigenvalue weighted by Gasteiger charge is 2.25. The maximum Gasteiger partial charge on any atom is 0.244 e. The zero-order valence-corrected chi connectivity index (χ0v) is 13.1.